The Morgan fingerprint density at radius 2 is 1.82 bits per heavy atom. The first-order valence-electron chi connectivity index (χ1n) is 7.75. The Hall–Kier alpha value is -2.17. The summed E-state index contributed by atoms with van der Waals surface area (Å²) in [4.78, 5) is 11.8. The van der Waals surface area contributed by atoms with Gasteiger partial charge in [0.15, 0.2) is 5.75 Å². The summed E-state index contributed by atoms with van der Waals surface area (Å²) in [6.45, 7) is 2.53. The van der Waals surface area contributed by atoms with Gasteiger partial charge in [-0.15, -0.1) is 0 Å². The Bertz CT molecular complexity index is 675. The molecule has 0 saturated carbocycles. The van der Waals surface area contributed by atoms with Gasteiger partial charge in [0.05, 0.1) is 12.0 Å². The first kappa shape index (κ1) is 16.2. The highest BCUT2D eigenvalue weighted by Crippen LogP contribution is 2.33. The highest BCUT2D eigenvalue weighted by atomic mass is 16.5. The van der Waals surface area contributed by atoms with Crippen molar-refractivity contribution in [2.75, 3.05) is 6.61 Å². The van der Waals surface area contributed by atoms with Crippen molar-refractivity contribution in [1.29, 1.82) is 0 Å². The van der Waals surface area contributed by atoms with Crippen LogP contribution in [-0.4, -0.2) is 16.8 Å². The van der Waals surface area contributed by atoms with Crippen LogP contribution in [-0.2, 0) is 0 Å². The molecule has 1 heterocycles. The molecule has 0 saturated heterocycles. The highest BCUT2D eigenvalue weighted by Gasteiger charge is 2.15. The van der Waals surface area contributed by atoms with Crippen LogP contribution in [0.2, 0.25) is 0 Å². The fraction of sp³-hybridized carbons (Fsp3) is 0.471. The highest BCUT2D eigenvalue weighted by molar-refractivity contribution is 5.86. The maximum atomic E-state index is 11.8. The average molecular weight is 306 g/mol. The van der Waals surface area contributed by atoms with Gasteiger partial charge in [-0.05, 0) is 24.6 Å². The Morgan fingerprint density at radius 3 is 2.59 bits per heavy atom. The molecule has 0 radical (unpaired) electrons. The zero-order valence-corrected chi connectivity index (χ0v) is 12.8. The fourth-order valence-corrected chi connectivity index (χ4v) is 2.34. The molecule has 0 atom stereocenters. The molecule has 5 nitrogen and oxygen atoms in total. The van der Waals surface area contributed by atoms with Crippen molar-refractivity contribution in [1.82, 2.24) is 0 Å². The maximum absolute atomic E-state index is 11.8. The summed E-state index contributed by atoms with van der Waals surface area (Å²) in [6, 6.07) is 4.16. The minimum Gasteiger partial charge on any atom is -0.508 e. The van der Waals surface area contributed by atoms with Crippen LogP contribution in [0.5, 0.6) is 17.2 Å². The van der Waals surface area contributed by atoms with Crippen molar-refractivity contribution in [2.24, 2.45) is 0 Å². The number of ether oxygens (including phenoxy) is 1. The van der Waals surface area contributed by atoms with Crippen LogP contribution in [0.15, 0.2) is 27.4 Å². The second-order valence-electron chi connectivity index (χ2n) is 5.36. The van der Waals surface area contributed by atoms with Gasteiger partial charge in [-0.1, -0.05) is 39.0 Å². The van der Waals surface area contributed by atoms with Gasteiger partial charge in [0.1, 0.15) is 11.3 Å². The van der Waals surface area contributed by atoms with E-state index in [1.54, 1.807) is 0 Å². The fourth-order valence-electron chi connectivity index (χ4n) is 2.34. The summed E-state index contributed by atoms with van der Waals surface area (Å²) in [5.41, 5.74) is -0.492. The molecule has 0 bridgehead atoms. The second-order valence-corrected chi connectivity index (χ2v) is 5.36. The number of rotatable bonds is 8. The number of fused-ring (bicyclic) bond motifs is 1. The third-order valence-electron chi connectivity index (χ3n) is 3.57. The van der Waals surface area contributed by atoms with Crippen LogP contribution in [0.25, 0.3) is 11.0 Å². The molecule has 0 fully saturated rings. The monoisotopic (exact) mass is 306 g/mol. The van der Waals surface area contributed by atoms with Crippen LogP contribution in [0.3, 0.4) is 0 Å². The zero-order valence-electron chi connectivity index (χ0n) is 12.8. The molecule has 5 heteroatoms. The topological polar surface area (TPSA) is 79.9 Å². The summed E-state index contributed by atoms with van der Waals surface area (Å²) in [6.07, 6.45) is 6.64. The van der Waals surface area contributed by atoms with Crippen LogP contribution in [0, 0.1) is 0 Å². The number of phenolic OH excluding ortho intramolecular Hbond substituents is 1. The largest absolute Gasteiger partial charge is 0.508 e. The summed E-state index contributed by atoms with van der Waals surface area (Å²) < 4.78 is 10.5. The molecule has 0 aliphatic carbocycles. The number of unbranched alkanes of at least 4 members (excludes halogenated alkanes) is 5. The molecular weight excluding hydrogens is 284 g/mol. The second kappa shape index (κ2) is 7.73. The standard InChI is InChI=1S/C17H22O5/c1-2-3-4-5-6-7-10-21-16-15(19)13-11-12(18)8-9-14(13)22-17(16)20/h8-9,11,18-19H,2-7,10H2,1H3. The van der Waals surface area contributed by atoms with Crippen LogP contribution in [0.4, 0.5) is 0 Å². The molecular formula is C17H22O5. The predicted octanol–water partition coefficient (Wildman–Crippen LogP) is 3.94. The van der Waals surface area contributed by atoms with E-state index in [0.29, 0.717) is 6.61 Å². The Balaban J connectivity index is 2.00. The summed E-state index contributed by atoms with van der Waals surface area (Å²) in [5.74, 6) is -0.488. The molecule has 1 aromatic carbocycles. The van der Waals surface area contributed by atoms with Crippen molar-refractivity contribution in [3.63, 3.8) is 0 Å². The molecule has 120 valence electrons. The molecule has 2 aromatic rings. The first-order valence-corrected chi connectivity index (χ1v) is 7.75. The van der Waals surface area contributed by atoms with Gasteiger partial charge < -0.3 is 19.4 Å². The van der Waals surface area contributed by atoms with Gasteiger partial charge in [-0.2, -0.15) is 0 Å². The van der Waals surface area contributed by atoms with E-state index in [1.807, 2.05) is 0 Å². The smallest absolute Gasteiger partial charge is 0.383 e. The summed E-state index contributed by atoms with van der Waals surface area (Å²) in [7, 11) is 0. The SMILES string of the molecule is CCCCCCCCOc1c(O)c2cc(O)ccc2oc1=O. The minimum absolute atomic E-state index is 0.0153. The van der Waals surface area contributed by atoms with E-state index in [4.69, 9.17) is 9.15 Å². The molecule has 0 aliphatic heterocycles. The lowest BCUT2D eigenvalue weighted by Crippen LogP contribution is -2.08. The number of hydrogen-bond donors (Lipinski definition) is 2. The predicted molar refractivity (Wildman–Crippen MR) is 84.7 cm³/mol. The van der Waals surface area contributed by atoms with Crippen LogP contribution in [0.1, 0.15) is 45.4 Å². The molecule has 2 N–H and O–H groups in total. The first-order chi connectivity index (χ1) is 10.6. The van der Waals surface area contributed by atoms with Crippen molar-refractivity contribution < 1.29 is 19.4 Å². The van der Waals surface area contributed by atoms with Crippen molar-refractivity contribution in [2.45, 2.75) is 45.4 Å². The normalized spacial score (nSPS) is 11.0. The summed E-state index contributed by atoms with van der Waals surface area (Å²) in [5, 5.41) is 19.9. The minimum atomic E-state index is -0.707. The van der Waals surface area contributed by atoms with Gasteiger partial charge in [0, 0.05) is 0 Å². The van der Waals surface area contributed by atoms with E-state index >= 15 is 0 Å². The van der Waals surface area contributed by atoms with Gasteiger partial charge in [0.2, 0.25) is 5.75 Å². The van der Waals surface area contributed by atoms with Crippen molar-refractivity contribution >= 4 is 11.0 Å². The Kier molecular flexibility index (Phi) is 5.69. The Morgan fingerprint density at radius 1 is 1.09 bits per heavy atom. The van der Waals surface area contributed by atoms with E-state index < -0.39 is 5.63 Å². The zero-order chi connectivity index (χ0) is 15.9. The lowest BCUT2D eigenvalue weighted by molar-refractivity contribution is 0.275. The molecule has 0 spiro atoms. The van der Waals surface area contributed by atoms with E-state index in [9.17, 15) is 15.0 Å². The average Bonchev–Trinajstić information content (AvgIpc) is 2.50. The van der Waals surface area contributed by atoms with Crippen LogP contribution >= 0.6 is 0 Å². The van der Waals surface area contributed by atoms with Gasteiger partial charge in [0.25, 0.3) is 0 Å². The molecule has 2 rings (SSSR count). The van der Waals surface area contributed by atoms with Crippen molar-refractivity contribution in [3.05, 3.63) is 28.6 Å². The maximum Gasteiger partial charge on any atom is 0.383 e. The molecule has 1 aromatic heterocycles. The molecule has 0 amide bonds. The lowest BCUT2D eigenvalue weighted by Gasteiger charge is -2.08. The number of hydrogen-bond acceptors (Lipinski definition) is 5. The lowest BCUT2D eigenvalue weighted by atomic mass is 10.1. The quantitative estimate of drug-likeness (QED) is 0.570. The molecule has 0 aliphatic rings. The van der Waals surface area contributed by atoms with E-state index in [2.05, 4.69) is 6.92 Å². The van der Waals surface area contributed by atoms with Crippen LogP contribution < -0.4 is 10.4 Å². The van der Waals surface area contributed by atoms with Gasteiger partial charge in [-0.25, -0.2) is 4.79 Å². The van der Waals surface area contributed by atoms with Gasteiger partial charge >= 0.3 is 5.63 Å². The molecule has 0 unspecified atom stereocenters. The third-order valence-corrected chi connectivity index (χ3v) is 3.57. The van der Waals surface area contributed by atoms with E-state index in [0.717, 1.165) is 19.3 Å². The van der Waals surface area contributed by atoms with Crippen molar-refractivity contribution in [3.8, 4) is 17.2 Å². The Labute approximate surface area is 129 Å². The number of phenols is 1. The van der Waals surface area contributed by atoms with E-state index in [1.165, 1.54) is 37.5 Å². The molecule has 22 heavy (non-hydrogen) atoms. The van der Waals surface area contributed by atoms with E-state index in [-0.39, 0.29) is 28.2 Å². The van der Waals surface area contributed by atoms with Gasteiger partial charge in [-0.3, -0.25) is 0 Å². The number of benzene rings is 1. The third kappa shape index (κ3) is 3.93. The number of aromatic hydroxyl groups is 2. The summed E-state index contributed by atoms with van der Waals surface area (Å²) >= 11 is 0.